The van der Waals surface area contributed by atoms with Crippen LogP contribution >= 0.6 is 35.3 Å². The SMILES string of the molecule is CCNC(=NCC(C)c1ccsc1)NC1CCC(C(=O)OCC)CC1.I. The molecule has 0 radical (unpaired) electrons. The summed E-state index contributed by atoms with van der Waals surface area (Å²) in [6.07, 6.45) is 3.74. The van der Waals surface area contributed by atoms with Crippen LogP contribution < -0.4 is 10.6 Å². The number of ether oxygens (including phenoxy) is 1. The number of esters is 1. The second-order valence-corrected chi connectivity index (χ2v) is 7.40. The number of rotatable bonds is 7. The van der Waals surface area contributed by atoms with Crippen LogP contribution in [0.3, 0.4) is 0 Å². The van der Waals surface area contributed by atoms with Crippen LogP contribution in [-0.2, 0) is 9.53 Å². The maximum absolute atomic E-state index is 11.8. The molecule has 1 aromatic rings. The third kappa shape index (κ3) is 7.42. The van der Waals surface area contributed by atoms with Crippen LogP contribution in [0.25, 0.3) is 0 Å². The summed E-state index contributed by atoms with van der Waals surface area (Å²) in [5, 5.41) is 11.2. The molecule has 0 spiro atoms. The molecule has 2 N–H and O–H groups in total. The minimum atomic E-state index is -0.0360. The number of thiophene rings is 1. The third-order valence-corrected chi connectivity index (χ3v) is 5.37. The zero-order valence-corrected chi connectivity index (χ0v) is 19.1. The molecule has 1 aliphatic carbocycles. The van der Waals surface area contributed by atoms with Gasteiger partial charge in [0.25, 0.3) is 0 Å². The lowest BCUT2D eigenvalue weighted by Crippen LogP contribution is -2.45. The number of halogens is 1. The van der Waals surface area contributed by atoms with Crippen molar-refractivity contribution in [3.8, 4) is 0 Å². The predicted molar refractivity (Wildman–Crippen MR) is 120 cm³/mol. The monoisotopic (exact) mass is 493 g/mol. The van der Waals surface area contributed by atoms with Crippen molar-refractivity contribution in [3.63, 3.8) is 0 Å². The third-order valence-electron chi connectivity index (χ3n) is 4.67. The van der Waals surface area contributed by atoms with Crippen molar-refractivity contribution < 1.29 is 9.53 Å². The van der Waals surface area contributed by atoms with Gasteiger partial charge in [0.2, 0.25) is 0 Å². The number of nitrogens with one attached hydrogen (secondary N) is 2. The van der Waals surface area contributed by atoms with Gasteiger partial charge in [-0.1, -0.05) is 6.92 Å². The van der Waals surface area contributed by atoms with E-state index in [0.717, 1.165) is 44.7 Å². The molecule has 2 rings (SSSR count). The van der Waals surface area contributed by atoms with Crippen LogP contribution in [0.4, 0.5) is 0 Å². The van der Waals surface area contributed by atoms with E-state index in [2.05, 4.69) is 41.3 Å². The Kier molecular flexibility index (Phi) is 11.2. The summed E-state index contributed by atoms with van der Waals surface area (Å²) >= 11 is 1.73. The molecule has 0 aliphatic heterocycles. The number of hydrogen-bond acceptors (Lipinski definition) is 4. The predicted octanol–water partition coefficient (Wildman–Crippen LogP) is 4.15. The van der Waals surface area contributed by atoms with Crippen LogP contribution in [0.1, 0.15) is 57.9 Å². The highest BCUT2D eigenvalue weighted by Gasteiger charge is 2.27. The second kappa shape index (κ2) is 12.5. The molecule has 0 saturated heterocycles. The number of aliphatic imine (C=N–C) groups is 1. The maximum Gasteiger partial charge on any atom is 0.308 e. The molecule has 1 heterocycles. The summed E-state index contributed by atoms with van der Waals surface area (Å²) in [5.41, 5.74) is 1.35. The van der Waals surface area contributed by atoms with Gasteiger partial charge in [0, 0.05) is 25.0 Å². The minimum absolute atomic E-state index is 0. The van der Waals surface area contributed by atoms with Crippen molar-refractivity contribution in [3.05, 3.63) is 22.4 Å². The molecule has 1 aliphatic rings. The molecule has 0 aromatic carbocycles. The van der Waals surface area contributed by atoms with Gasteiger partial charge in [0.15, 0.2) is 5.96 Å². The Morgan fingerprint density at radius 1 is 1.35 bits per heavy atom. The largest absolute Gasteiger partial charge is 0.466 e. The maximum atomic E-state index is 11.8. The topological polar surface area (TPSA) is 62.7 Å². The lowest BCUT2D eigenvalue weighted by Gasteiger charge is -2.29. The Bertz CT molecular complexity index is 543. The van der Waals surface area contributed by atoms with Gasteiger partial charge in [-0.05, 0) is 61.9 Å². The Morgan fingerprint density at radius 2 is 2.08 bits per heavy atom. The van der Waals surface area contributed by atoms with Crippen molar-refractivity contribution in [2.24, 2.45) is 10.9 Å². The van der Waals surface area contributed by atoms with Crippen LogP contribution in [0.2, 0.25) is 0 Å². The Morgan fingerprint density at radius 3 is 2.65 bits per heavy atom. The van der Waals surface area contributed by atoms with Gasteiger partial charge in [0.1, 0.15) is 0 Å². The second-order valence-electron chi connectivity index (χ2n) is 6.62. The first-order valence-corrected chi connectivity index (χ1v) is 10.3. The fourth-order valence-corrected chi connectivity index (χ4v) is 3.92. The van der Waals surface area contributed by atoms with Crippen LogP contribution in [0.5, 0.6) is 0 Å². The molecular weight excluding hydrogens is 461 g/mol. The van der Waals surface area contributed by atoms with Crippen molar-refractivity contribution in [1.29, 1.82) is 0 Å². The van der Waals surface area contributed by atoms with Gasteiger partial charge >= 0.3 is 5.97 Å². The number of nitrogens with zero attached hydrogens (tertiary/aromatic N) is 1. The normalized spacial score (nSPS) is 21.4. The van der Waals surface area contributed by atoms with Crippen molar-refractivity contribution in [1.82, 2.24) is 10.6 Å². The van der Waals surface area contributed by atoms with Gasteiger partial charge < -0.3 is 15.4 Å². The molecule has 1 fully saturated rings. The van der Waals surface area contributed by atoms with E-state index in [-0.39, 0.29) is 35.9 Å². The number of carbonyl (C=O) groups excluding carboxylic acids is 1. The Balaban J connectivity index is 0.00000338. The van der Waals surface area contributed by atoms with Crippen molar-refractivity contribution >= 4 is 47.2 Å². The molecular formula is C19H32IN3O2S. The van der Waals surface area contributed by atoms with Gasteiger partial charge in [-0.2, -0.15) is 11.3 Å². The van der Waals surface area contributed by atoms with Crippen LogP contribution in [0.15, 0.2) is 21.8 Å². The van der Waals surface area contributed by atoms with Crippen molar-refractivity contribution in [2.75, 3.05) is 19.7 Å². The highest BCUT2D eigenvalue weighted by atomic mass is 127. The lowest BCUT2D eigenvalue weighted by molar-refractivity contribution is -0.149. The fraction of sp³-hybridized carbons (Fsp3) is 0.684. The summed E-state index contributed by atoms with van der Waals surface area (Å²) in [5.74, 6) is 1.33. The van der Waals surface area contributed by atoms with Gasteiger partial charge in [-0.3, -0.25) is 9.79 Å². The summed E-state index contributed by atoms with van der Waals surface area (Å²) in [4.78, 5) is 16.6. The highest BCUT2D eigenvalue weighted by Crippen LogP contribution is 2.25. The summed E-state index contributed by atoms with van der Waals surface area (Å²) in [7, 11) is 0. The van der Waals surface area contributed by atoms with E-state index in [0.29, 0.717) is 18.6 Å². The number of hydrogen-bond donors (Lipinski definition) is 2. The molecule has 1 saturated carbocycles. The molecule has 1 aromatic heterocycles. The summed E-state index contributed by atoms with van der Waals surface area (Å²) in [6.45, 7) is 8.23. The Labute approximate surface area is 178 Å². The van der Waals surface area contributed by atoms with Gasteiger partial charge in [-0.25, -0.2) is 0 Å². The van der Waals surface area contributed by atoms with Gasteiger partial charge in [0.05, 0.1) is 12.5 Å². The average Bonchev–Trinajstić information content (AvgIpc) is 3.15. The fourth-order valence-electron chi connectivity index (χ4n) is 3.14. The molecule has 148 valence electrons. The molecule has 1 atom stereocenters. The standard InChI is InChI=1S/C19H31N3O2S.HI/c1-4-20-19(21-12-14(3)16-10-11-25-13-16)22-17-8-6-15(7-9-17)18(23)24-5-2;/h10-11,13-15,17H,4-9,12H2,1-3H3,(H2,20,21,22);1H. The number of guanidine groups is 1. The quantitative estimate of drug-likeness (QED) is 0.259. The zero-order valence-electron chi connectivity index (χ0n) is 16.0. The molecule has 5 nitrogen and oxygen atoms in total. The molecule has 0 bridgehead atoms. The first-order valence-electron chi connectivity index (χ1n) is 9.37. The average molecular weight is 493 g/mol. The molecule has 7 heteroatoms. The van der Waals surface area contributed by atoms with E-state index in [1.807, 2.05) is 6.92 Å². The highest BCUT2D eigenvalue weighted by molar-refractivity contribution is 14.0. The van der Waals surface area contributed by atoms with E-state index >= 15 is 0 Å². The first-order chi connectivity index (χ1) is 12.1. The molecule has 26 heavy (non-hydrogen) atoms. The summed E-state index contributed by atoms with van der Waals surface area (Å²) in [6, 6.07) is 2.54. The molecule has 1 unspecified atom stereocenters. The summed E-state index contributed by atoms with van der Waals surface area (Å²) < 4.78 is 5.14. The van der Waals surface area contributed by atoms with E-state index in [1.54, 1.807) is 11.3 Å². The molecule has 0 amide bonds. The lowest BCUT2D eigenvalue weighted by atomic mass is 9.86. The smallest absolute Gasteiger partial charge is 0.308 e. The minimum Gasteiger partial charge on any atom is -0.466 e. The number of carbonyl (C=O) groups is 1. The van der Waals surface area contributed by atoms with E-state index in [4.69, 9.17) is 9.73 Å². The van der Waals surface area contributed by atoms with Crippen LogP contribution in [0, 0.1) is 5.92 Å². The van der Waals surface area contributed by atoms with E-state index in [9.17, 15) is 4.79 Å². The van der Waals surface area contributed by atoms with Crippen LogP contribution in [-0.4, -0.2) is 37.7 Å². The Hall–Kier alpha value is -0.830. The van der Waals surface area contributed by atoms with E-state index in [1.165, 1.54) is 5.56 Å². The first kappa shape index (κ1) is 23.2. The van der Waals surface area contributed by atoms with Gasteiger partial charge in [-0.15, -0.1) is 24.0 Å². The zero-order chi connectivity index (χ0) is 18.1. The van der Waals surface area contributed by atoms with Crippen molar-refractivity contribution in [2.45, 2.75) is 58.4 Å². The van der Waals surface area contributed by atoms with E-state index < -0.39 is 0 Å².